The van der Waals surface area contributed by atoms with Crippen LogP contribution in [0.4, 0.5) is 0 Å². The molecule has 4 nitrogen and oxygen atoms in total. The molecule has 0 fully saturated rings. The van der Waals surface area contributed by atoms with Crippen LogP contribution < -0.4 is 0 Å². The summed E-state index contributed by atoms with van der Waals surface area (Å²) in [5.74, 6) is -0.822. The highest BCUT2D eigenvalue weighted by Gasteiger charge is 2.03. The number of carbonyl (C=O) groups is 1. The minimum atomic E-state index is -0.822. The first-order valence-electron chi connectivity index (χ1n) is 5.42. The number of hydrogen-bond donors (Lipinski definition) is 1. The Morgan fingerprint density at radius 1 is 1.28 bits per heavy atom. The van der Waals surface area contributed by atoms with E-state index >= 15 is 0 Å². The van der Waals surface area contributed by atoms with Gasteiger partial charge in [0.1, 0.15) is 0 Å². The van der Waals surface area contributed by atoms with Crippen LogP contribution in [0.5, 0.6) is 0 Å². The molecule has 1 aromatic heterocycles. The Kier molecular flexibility index (Phi) is 3.94. The molecule has 0 unspecified atom stereocenters. The maximum atomic E-state index is 10.6. The van der Waals surface area contributed by atoms with Gasteiger partial charge in [-0.25, -0.2) is 9.97 Å². The second-order valence-electron chi connectivity index (χ2n) is 3.80. The van der Waals surface area contributed by atoms with E-state index in [-0.39, 0.29) is 6.42 Å². The predicted molar refractivity (Wildman–Crippen MR) is 68.7 cm³/mol. The topological polar surface area (TPSA) is 63.1 Å². The van der Waals surface area contributed by atoms with E-state index in [1.165, 1.54) is 11.8 Å². The third-order valence-corrected chi connectivity index (χ3v) is 3.15. The van der Waals surface area contributed by atoms with Crippen LogP contribution in [0.15, 0.2) is 46.6 Å². The summed E-state index contributed by atoms with van der Waals surface area (Å²) in [7, 11) is 0. The smallest absolute Gasteiger partial charge is 0.307 e. The first kappa shape index (κ1) is 12.6. The zero-order valence-corrected chi connectivity index (χ0v) is 10.6. The Hall–Kier alpha value is -1.88. The van der Waals surface area contributed by atoms with Gasteiger partial charge in [0.2, 0.25) is 0 Å². The number of aromatic nitrogens is 2. The predicted octanol–water partition coefficient (Wildman–Crippen LogP) is 2.56. The molecule has 5 heteroatoms. The Bertz CT molecular complexity index is 555. The molecule has 0 spiro atoms. The van der Waals surface area contributed by atoms with Crippen LogP contribution in [-0.4, -0.2) is 21.0 Å². The highest BCUT2D eigenvalue weighted by molar-refractivity contribution is 7.99. The van der Waals surface area contributed by atoms with Gasteiger partial charge in [0, 0.05) is 16.8 Å². The molecule has 18 heavy (non-hydrogen) atoms. The molecule has 1 aromatic carbocycles. The van der Waals surface area contributed by atoms with Gasteiger partial charge in [-0.15, -0.1) is 0 Å². The molecule has 92 valence electrons. The van der Waals surface area contributed by atoms with Gasteiger partial charge >= 0.3 is 5.97 Å². The maximum absolute atomic E-state index is 10.6. The quantitative estimate of drug-likeness (QED) is 0.856. The molecule has 0 aliphatic rings. The van der Waals surface area contributed by atoms with Crippen LogP contribution in [0.1, 0.15) is 11.3 Å². The normalized spacial score (nSPS) is 10.3. The summed E-state index contributed by atoms with van der Waals surface area (Å²) in [6.45, 7) is 1.92. The number of aryl methyl sites for hydroxylation is 1. The molecular weight excluding hydrogens is 248 g/mol. The van der Waals surface area contributed by atoms with E-state index in [1.54, 1.807) is 6.20 Å². The summed E-state index contributed by atoms with van der Waals surface area (Å²) in [6, 6.07) is 9.24. The average molecular weight is 260 g/mol. The van der Waals surface area contributed by atoms with Crippen molar-refractivity contribution in [3.63, 3.8) is 0 Å². The monoisotopic (exact) mass is 260 g/mol. The standard InChI is InChI=1S/C13H12N2O2S/c1-9-6-7-14-13(15-9)18-11-4-2-10(3-5-11)8-12(16)17/h2-7H,8H2,1H3,(H,16,17). The van der Waals surface area contributed by atoms with Crippen molar-refractivity contribution in [2.24, 2.45) is 0 Å². The van der Waals surface area contributed by atoms with Crippen molar-refractivity contribution in [2.75, 3.05) is 0 Å². The molecule has 2 aromatic rings. The lowest BCUT2D eigenvalue weighted by Crippen LogP contribution is -1.99. The molecular formula is C13H12N2O2S. The fourth-order valence-electron chi connectivity index (χ4n) is 1.43. The lowest BCUT2D eigenvalue weighted by atomic mass is 10.2. The molecule has 0 saturated carbocycles. The Morgan fingerprint density at radius 2 is 2.00 bits per heavy atom. The first-order chi connectivity index (χ1) is 8.63. The molecule has 1 heterocycles. The van der Waals surface area contributed by atoms with Gasteiger partial charge in [0.25, 0.3) is 0 Å². The maximum Gasteiger partial charge on any atom is 0.307 e. The molecule has 2 rings (SSSR count). The van der Waals surface area contributed by atoms with Gasteiger partial charge < -0.3 is 5.11 Å². The first-order valence-corrected chi connectivity index (χ1v) is 6.23. The van der Waals surface area contributed by atoms with Crippen molar-refractivity contribution in [1.82, 2.24) is 9.97 Å². The van der Waals surface area contributed by atoms with E-state index in [9.17, 15) is 4.79 Å². The lowest BCUT2D eigenvalue weighted by Gasteiger charge is -2.02. The number of carboxylic acid groups (broad SMARTS) is 1. The Morgan fingerprint density at radius 3 is 2.61 bits per heavy atom. The van der Waals surface area contributed by atoms with Crippen LogP contribution in [-0.2, 0) is 11.2 Å². The summed E-state index contributed by atoms with van der Waals surface area (Å²) < 4.78 is 0. The van der Waals surface area contributed by atoms with Crippen molar-refractivity contribution in [1.29, 1.82) is 0 Å². The molecule has 0 amide bonds. The van der Waals surface area contributed by atoms with Gasteiger partial charge in [-0.05, 0) is 42.4 Å². The van der Waals surface area contributed by atoms with E-state index in [1.807, 2.05) is 37.3 Å². The summed E-state index contributed by atoms with van der Waals surface area (Å²) in [5, 5.41) is 9.37. The van der Waals surface area contributed by atoms with Crippen molar-refractivity contribution >= 4 is 17.7 Å². The molecule has 0 aliphatic carbocycles. The number of benzene rings is 1. The number of hydrogen-bond acceptors (Lipinski definition) is 4. The molecule has 0 radical (unpaired) electrons. The minimum Gasteiger partial charge on any atom is -0.481 e. The summed E-state index contributed by atoms with van der Waals surface area (Å²) >= 11 is 1.46. The van der Waals surface area contributed by atoms with Gasteiger partial charge in [0.05, 0.1) is 6.42 Å². The van der Waals surface area contributed by atoms with E-state index in [0.717, 1.165) is 16.2 Å². The van der Waals surface area contributed by atoms with Crippen LogP contribution in [0.3, 0.4) is 0 Å². The molecule has 0 aliphatic heterocycles. The highest BCUT2D eigenvalue weighted by Crippen LogP contribution is 2.24. The summed E-state index contributed by atoms with van der Waals surface area (Å²) in [5.41, 5.74) is 1.71. The van der Waals surface area contributed by atoms with Crippen molar-refractivity contribution in [2.45, 2.75) is 23.4 Å². The third-order valence-electron chi connectivity index (χ3n) is 2.26. The van der Waals surface area contributed by atoms with E-state index < -0.39 is 5.97 Å². The van der Waals surface area contributed by atoms with Gasteiger partial charge in [-0.3, -0.25) is 4.79 Å². The molecule has 0 saturated heterocycles. The zero-order chi connectivity index (χ0) is 13.0. The van der Waals surface area contributed by atoms with E-state index in [4.69, 9.17) is 5.11 Å². The average Bonchev–Trinajstić information content (AvgIpc) is 2.31. The van der Waals surface area contributed by atoms with Crippen LogP contribution in [0, 0.1) is 6.92 Å². The number of aliphatic carboxylic acids is 1. The summed E-state index contributed by atoms with van der Waals surface area (Å²) in [6.07, 6.45) is 1.77. The SMILES string of the molecule is Cc1ccnc(Sc2ccc(CC(=O)O)cc2)n1. The second-order valence-corrected chi connectivity index (χ2v) is 4.84. The highest BCUT2D eigenvalue weighted by atomic mass is 32.2. The van der Waals surface area contributed by atoms with Crippen molar-refractivity contribution < 1.29 is 9.90 Å². The van der Waals surface area contributed by atoms with Crippen LogP contribution >= 0.6 is 11.8 Å². The molecule has 0 bridgehead atoms. The van der Waals surface area contributed by atoms with Crippen LogP contribution in [0.25, 0.3) is 0 Å². The minimum absolute atomic E-state index is 0.0475. The van der Waals surface area contributed by atoms with Crippen molar-refractivity contribution in [3.8, 4) is 0 Å². The van der Waals surface area contributed by atoms with E-state index in [0.29, 0.717) is 5.16 Å². The largest absolute Gasteiger partial charge is 0.481 e. The third kappa shape index (κ3) is 3.56. The fraction of sp³-hybridized carbons (Fsp3) is 0.154. The number of nitrogens with zero attached hydrogens (tertiary/aromatic N) is 2. The van der Waals surface area contributed by atoms with E-state index in [2.05, 4.69) is 9.97 Å². The van der Waals surface area contributed by atoms with Gasteiger partial charge in [-0.2, -0.15) is 0 Å². The number of carboxylic acids is 1. The Balaban J connectivity index is 2.08. The molecule has 0 atom stereocenters. The fourth-order valence-corrected chi connectivity index (χ4v) is 2.22. The number of rotatable bonds is 4. The molecule has 1 N–H and O–H groups in total. The van der Waals surface area contributed by atoms with Crippen molar-refractivity contribution in [3.05, 3.63) is 47.8 Å². The Labute approximate surface area is 109 Å². The van der Waals surface area contributed by atoms with Crippen LogP contribution in [0.2, 0.25) is 0 Å². The van der Waals surface area contributed by atoms with Gasteiger partial charge in [0.15, 0.2) is 5.16 Å². The zero-order valence-electron chi connectivity index (χ0n) is 9.83. The van der Waals surface area contributed by atoms with Gasteiger partial charge in [-0.1, -0.05) is 12.1 Å². The lowest BCUT2D eigenvalue weighted by molar-refractivity contribution is -0.136. The second kappa shape index (κ2) is 5.64. The summed E-state index contributed by atoms with van der Waals surface area (Å²) in [4.78, 5) is 20.0.